The molecule has 1 aliphatic rings. The summed E-state index contributed by atoms with van der Waals surface area (Å²) in [4.78, 5) is 34.0. The van der Waals surface area contributed by atoms with Gasteiger partial charge in [-0.05, 0) is 36.8 Å². The van der Waals surface area contributed by atoms with Crippen LogP contribution in [-0.2, 0) is 0 Å². The Morgan fingerprint density at radius 2 is 2.00 bits per heavy atom. The first-order valence-electron chi connectivity index (χ1n) is 10.00. The molecule has 0 saturated carbocycles. The Labute approximate surface area is 191 Å². The minimum atomic E-state index is -0.254. The van der Waals surface area contributed by atoms with Gasteiger partial charge in [-0.2, -0.15) is 4.52 Å². The predicted octanol–water partition coefficient (Wildman–Crippen LogP) is 3.73. The molecule has 4 heterocycles. The maximum Gasteiger partial charge on any atom is 0.321 e. The average molecular weight is 471 g/mol. The maximum absolute atomic E-state index is 12.6. The van der Waals surface area contributed by atoms with Crippen molar-refractivity contribution in [2.75, 3.05) is 36.4 Å². The van der Waals surface area contributed by atoms with Crippen LogP contribution in [0.15, 0.2) is 51.9 Å². The lowest BCUT2D eigenvalue weighted by Gasteiger charge is -2.35. The van der Waals surface area contributed by atoms with Crippen LogP contribution in [0, 0.1) is 6.92 Å². The third kappa shape index (κ3) is 3.94. The summed E-state index contributed by atoms with van der Waals surface area (Å²) < 4.78 is 6.65. The van der Waals surface area contributed by atoms with Gasteiger partial charge in [-0.1, -0.05) is 29.0 Å². The van der Waals surface area contributed by atoms with Crippen molar-refractivity contribution in [2.45, 2.75) is 6.92 Å². The van der Waals surface area contributed by atoms with Crippen LogP contribution in [0.2, 0.25) is 5.02 Å². The summed E-state index contributed by atoms with van der Waals surface area (Å²) in [5, 5.41) is 8.39. The largest absolute Gasteiger partial charge is 0.462 e. The van der Waals surface area contributed by atoms with Crippen LogP contribution in [0.3, 0.4) is 0 Å². The molecule has 164 valence electrons. The third-order valence-corrected chi connectivity index (χ3v) is 6.61. The van der Waals surface area contributed by atoms with Crippen LogP contribution in [0.25, 0.3) is 15.7 Å². The topological polar surface area (TPSA) is 96.0 Å². The third-order valence-electron chi connectivity index (χ3n) is 5.28. The Kier molecular flexibility index (Phi) is 5.32. The molecular weight excluding hydrogens is 452 g/mol. The molecule has 0 spiro atoms. The fourth-order valence-corrected chi connectivity index (χ4v) is 4.52. The molecule has 0 radical (unpaired) electrons. The summed E-state index contributed by atoms with van der Waals surface area (Å²) >= 11 is 7.43. The molecule has 2 amide bonds. The average Bonchev–Trinajstić information content (AvgIpc) is 3.46. The lowest BCUT2D eigenvalue weighted by Crippen LogP contribution is -2.50. The lowest BCUT2D eigenvalue weighted by molar-refractivity contribution is 0.208. The fourth-order valence-electron chi connectivity index (χ4n) is 3.47. The highest BCUT2D eigenvalue weighted by atomic mass is 35.5. The van der Waals surface area contributed by atoms with E-state index in [1.165, 1.54) is 21.9 Å². The van der Waals surface area contributed by atoms with E-state index in [1.807, 2.05) is 24.0 Å². The molecule has 1 fully saturated rings. The number of urea groups is 1. The van der Waals surface area contributed by atoms with Gasteiger partial charge in [0.25, 0.3) is 5.56 Å². The van der Waals surface area contributed by atoms with Gasteiger partial charge in [0, 0.05) is 43.0 Å². The van der Waals surface area contributed by atoms with Gasteiger partial charge in [0.1, 0.15) is 5.82 Å². The summed E-state index contributed by atoms with van der Waals surface area (Å²) in [6, 6.07) is 10.3. The molecule has 1 aliphatic heterocycles. The number of hydrogen-bond acceptors (Lipinski definition) is 7. The van der Waals surface area contributed by atoms with Gasteiger partial charge in [0.15, 0.2) is 10.8 Å². The van der Waals surface area contributed by atoms with E-state index in [0.717, 1.165) is 5.56 Å². The fraction of sp³-hybridized carbons (Fsp3) is 0.238. The summed E-state index contributed by atoms with van der Waals surface area (Å²) in [6.07, 6.45) is 1.56. The number of anilines is 2. The minimum absolute atomic E-state index is 0.182. The molecule has 4 aromatic rings. The Hall–Kier alpha value is -3.37. The molecule has 0 aliphatic carbocycles. The summed E-state index contributed by atoms with van der Waals surface area (Å²) in [5.41, 5.74) is 1.36. The molecule has 11 heteroatoms. The normalized spacial score (nSPS) is 14.2. The maximum atomic E-state index is 12.6. The highest BCUT2D eigenvalue weighted by molar-refractivity contribution is 7.19. The van der Waals surface area contributed by atoms with Gasteiger partial charge in [-0.3, -0.25) is 4.79 Å². The second-order valence-corrected chi connectivity index (χ2v) is 8.76. The SMILES string of the molecule is Cc1ccc(NC(=O)N2CCN(c3cc(=O)n4nc(-c5ccco5)sc4n3)CC2)cc1Cl. The van der Waals surface area contributed by atoms with Crippen LogP contribution in [-0.4, -0.2) is 51.7 Å². The van der Waals surface area contributed by atoms with Crippen molar-refractivity contribution in [3.05, 3.63) is 63.6 Å². The number of hydrogen-bond donors (Lipinski definition) is 1. The number of furan rings is 1. The van der Waals surface area contributed by atoms with E-state index in [4.69, 9.17) is 16.0 Å². The highest BCUT2D eigenvalue weighted by Gasteiger charge is 2.23. The van der Waals surface area contributed by atoms with Crippen molar-refractivity contribution in [2.24, 2.45) is 0 Å². The Balaban J connectivity index is 1.28. The van der Waals surface area contributed by atoms with Crippen molar-refractivity contribution in [3.8, 4) is 10.8 Å². The molecule has 1 aromatic carbocycles. The van der Waals surface area contributed by atoms with Crippen LogP contribution in [0.1, 0.15) is 5.56 Å². The predicted molar refractivity (Wildman–Crippen MR) is 124 cm³/mol. The number of rotatable bonds is 3. The van der Waals surface area contributed by atoms with Crippen LogP contribution in [0.4, 0.5) is 16.3 Å². The first-order chi connectivity index (χ1) is 15.5. The zero-order valence-corrected chi connectivity index (χ0v) is 18.7. The Morgan fingerprint density at radius 3 is 2.72 bits per heavy atom. The highest BCUT2D eigenvalue weighted by Crippen LogP contribution is 2.26. The Morgan fingerprint density at radius 1 is 1.19 bits per heavy atom. The van der Waals surface area contributed by atoms with Gasteiger partial charge in [0.05, 0.1) is 6.26 Å². The summed E-state index contributed by atoms with van der Waals surface area (Å²) in [5.74, 6) is 1.17. The molecular formula is C21H19ClN6O3S. The van der Waals surface area contributed by atoms with E-state index in [9.17, 15) is 9.59 Å². The number of benzene rings is 1. The van der Waals surface area contributed by atoms with Gasteiger partial charge < -0.3 is 19.5 Å². The number of amides is 2. The minimum Gasteiger partial charge on any atom is -0.462 e. The first kappa shape index (κ1) is 20.5. The number of carbonyl (C=O) groups is 1. The first-order valence-corrected chi connectivity index (χ1v) is 11.2. The van der Waals surface area contributed by atoms with Gasteiger partial charge in [-0.15, -0.1) is 5.10 Å². The Bertz CT molecular complexity index is 1340. The van der Waals surface area contributed by atoms with Crippen LogP contribution in [0.5, 0.6) is 0 Å². The monoisotopic (exact) mass is 470 g/mol. The second-order valence-electron chi connectivity index (χ2n) is 7.40. The van der Waals surface area contributed by atoms with Crippen molar-refractivity contribution in [3.63, 3.8) is 0 Å². The van der Waals surface area contributed by atoms with Crippen molar-refractivity contribution in [1.29, 1.82) is 0 Å². The molecule has 0 unspecified atom stereocenters. The number of fused-ring (bicyclic) bond motifs is 1. The van der Waals surface area contributed by atoms with Crippen molar-refractivity contribution >= 4 is 45.4 Å². The van der Waals surface area contributed by atoms with Crippen molar-refractivity contribution in [1.82, 2.24) is 19.5 Å². The molecule has 1 saturated heterocycles. The van der Waals surface area contributed by atoms with E-state index < -0.39 is 0 Å². The number of piperazine rings is 1. The summed E-state index contributed by atoms with van der Waals surface area (Å²) in [7, 11) is 0. The van der Waals surface area contributed by atoms with E-state index in [2.05, 4.69) is 15.4 Å². The zero-order valence-electron chi connectivity index (χ0n) is 17.1. The molecule has 1 N–H and O–H groups in total. The van der Waals surface area contributed by atoms with Crippen LogP contribution < -0.4 is 15.8 Å². The van der Waals surface area contributed by atoms with Crippen LogP contribution >= 0.6 is 22.9 Å². The number of nitrogens with zero attached hydrogens (tertiary/aromatic N) is 5. The molecule has 32 heavy (non-hydrogen) atoms. The smallest absolute Gasteiger partial charge is 0.321 e. The number of aryl methyl sites for hydroxylation is 1. The molecule has 3 aromatic heterocycles. The van der Waals surface area contributed by atoms with Gasteiger partial charge in [-0.25, -0.2) is 9.78 Å². The number of aromatic nitrogens is 3. The van der Waals surface area contributed by atoms with Gasteiger partial charge in [0.2, 0.25) is 4.96 Å². The summed E-state index contributed by atoms with van der Waals surface area (Å²) in [6.45, 7) is 4.05. The quantitative estimate of drug-likeness (QED) is 0.490. The molecule has 9 nitrogen and oxygen atoms in total. The van der Waals surface area contributed by atoms with E-state index in [0.29, 0.717) is 58.4 Å². The second kappa shape index (κ2) is 8.29. The standard InChI is InChI=1S/C21H19ClN6O3S/c1-13-4-5-14(11-15(13)22)23-20(30)27-8-6-26(7-9-27)17-12-18(29)28-21(24-17)32-19(25-28)16-3-2-10-31-16/h2-5,10-12H,6-9H2,1H3,(H,23,30). The number of nitrogens with one attached hydrogen (secondary N) is 1. The van der Waals surface area contributed by atoms with Gasteiger partial charge >= 0.3 is 6.03 Å². The molecule has 0 atom stereocenters. The number of carbonyl (C=O) groups excluding carboxylic acids is 1. The molecule has 5 rings (SSSR count). The number of halogens is 1. The lowest BCUT2D eigenvalue weighted by atomic mass is 10.2. The molecule has 0 bridgehead atoms. The van der Waals surface area contributed by atoms with E-state index in [1.54, 1.807) is 29.4 Å². The van der Waals surface area contributed by atoms with Crippen molar-refractivity contribution < 1.29 is 9.21 Å². The zero-order chi connectivity index (χ0) is 22.2. The van der Waals surface area contributed by atoms with E-state index >= 15 is 0 Å². The van der Waals surface area contributed by atoms with E-state index in [-0.39, 0.29) is 11.6 Å².